The van der Waals surface area contributed by atoms with Crippen molar-refractivity contribution in [3.8, 4) is 0 Å². The Morgan fingerprint density at radius 3 is 2.52 bits per heavy atom. The van der Waals surface area contributed by atoms with E-state index in [-0.39, 0.29) is 18.1 Å². The summed E-state index contributed by atoms with van der Waals surface area (Å²) in [6, 6.07) is 3.17. The Kier molecular flexibility index (Phi) is 3.96. The highest BCUT2D eigenvalue weighted by atomic mass is 16.4. The fourth-order valence-corrected chi connectivity index (χ4v) is 2.84. The molecule has 3 rings (SSSR count). The number of carbonyl (C=O) groups excluding carboxylic acids is 1. The molecule has 1 aliphatic heterocycles. The number of hydrogen-bond donors (Lipinski definition) is 1. The largest absolute Gasteiger partial charge is 0.477 e. The number of piperazine rings is 1. The molecule has 2 aliphatic rings. The molecule has 1 saturated carbocycles. The number of aromatic nitrogens is 1. The van der Waals surface area contributed by atoms with Crippen molar-refractivity contribution < 1.29 is 14.7 Å². The third-order valence-electron chi connectivity index (χ3n) is 4.29. The molecule has 21 heavy (non-hydrogen) atoms. The second-order valence-electron chi connectivity index (χ2n) is 5.95. The van der Waals surface area contributed by atoms with Gasteiger partial charge in [0, 0.05) is 38.9 Å². The molecule has 1 aromatic rings. The molecule has 1 aromatic heterocycles. The number of amides is 1. The van der Waals surface area contributed by atoms with E-state index < -0.39 is 5.97 Å². The van der Waals surface area contributed by atoms with E-state index in [1.165, 1.54) is 30.0 Å². The van der Waals surface area contributed by atoms with Crippen LogP contribution in [0.5, 0.6) is 0 Å². The van der Waals surface area contributed by atoms with E-state index >= 15 is 0 Å². The maximum Gasteiger partial charge on any atom is 0.352 e. The maximum atomic E-state index is 12.3. The van der Waals surface area contributed by atoms with Gasteiger partial charge in [-0.25, -0.2) is 4.79 Å². The van der Waals surface area contributed by atoms with Gasteiger partial charge in [-0.15, -0.1) is 0 Å². The van der Waals surface area contributed by atoms with Gasteiger partial charge in [0.25, 0.3) is 0 Å². The van der Waals surface area contributed by atoms with Crippen molar-refractivity contribution in [2.75, 3.05) is 32.7 Å². The number of hydrogen-bond acceptors (Lipinski definition) is 3. The Morgan fingerprint density at radius 1 is 1.19 bits per heavy atom. The van der Waals surface area contributed by atoms with E-state index in [0.717, 1.165) is 32.1 Å². The number of rotatable bonds is 5. The van der Waals surface area contributed by atoms with Gasteiger partial charge in [0.2, 0.25) is 5.91 Å². The van der Waals surface area contributed by atoms with E-state index in [1.54, 1.807) is 12.3 Å². The van der Waals surface area contributed by atoms with Gasteiger partial charge in [0.05, 0.1) is 0 Å². The lowest BCUT2D eigenvalue weighted by atomic mass is 10.2. The van der Waals surface area contributed by atoms with Crippen LogP contribution in [0.15, 0.2) is 18.3 Å². The van der Waals surface area contributed by atoms with Crippen molar-refractivity contribution in [2.45, 2.75) is 19.4 Å². The zero-order chi connectivity index (χ0) is 14.8. The topological polar surface area (TPSA) is 65.8 Å². The first kappa shape index (κ1) is 14.1. The minimum atomic E-state index is -0.998. The molecule has 6 heteroatoms. The molecule has 114 valence electrons. The Labute approximate surface area is 123 Å². The summed E-state index contributed by atoms with van der Waals surface area (Å²) < 4.78 is 1.50. The van der Waals surface area contributed by atoms with Crippen molar-refractivity contribution in [3.05, 3.63) is 24.0 Å². The van der Waals surface area contributed by atoms with Gasteiger partial charge in [-0.3, -0.25) is 9.69 Å². The second-order valence-corrected chi connectivity index (χ2v) is 5.95. The molecule has 0 spiro atoms. The van der Waals surface area contributed by atoms with Gasteiger partial charge in [-0.2, -0.15) is 0 Å². The van der Waals surface area contributed by atoms with Crippen LogP contribution in [0.4, 0.5) is 0 Å². The predicted molar refractivity (Wildman–Crippen MR) is 77.1 cm³/mol. The first-order valence-corrected chi connectivity index (χ1v) is 7.52. The van der Waals surface area contributed by atoms with Crippen LogP contribution < -0.4 is 0 Å². The Morgan fingerprint density at radius 2 is 1.90 bits per heavy atom. The summed E-state index contributed by atoms with van der Waals surface area (Å²) in [5.74, 6) is -0.118. The molecule has 1 amide bonds. The van der Waals surface area contributed by atoms with Gasteiger partial charge in [0.1, 0.15) is 12.2 Å². The summed E-state index contributed by atoms with van der Waals surface area (Å²) in [6.45, 7) is 4.63. The van der Waals surface area contributed by atoms with Gasteiger partial charge in [0.15, 0.2) is 0 Å². The molecule has 0 atom stereocenters. The lowest BCUT2D eigenvalue weighted by Crippen LogP contribution is -2.50. The van der Waals surface area contributed by atoms with Crippen molar-refractivity contribution in [2.24, 2.45) is 5.92 Å². The highest BCUT2D eigenvalue weighted by Gasteiger charge is 2.27. The van der Waals surface area contributed by atoms with Crippen LogP contribution in [-0.2, 0) is 11.3 Å². The second kappa shape index (κ2) is 5.89. The predicted octanol–water partition coefficient (Wildman–Crippen LogP) is 0.740. The van der Waals surface area contributed by atoms with E-state index in [0.29, 0.717) is 0 Å². The summed E-state index contributed by atoms with van der Waals surface area (Å²) in [4.78, 5) is 27.6. The highest BCUT2D eigenvalue weighted by molar-refractivity contribution is 5.86. The van der Waals surface area contributed by atoms with Crippen molar-refractivity contribution in [1.29, 1.82) is 0 Å². The van der Waals surface area contributed by atoms with Crippen LogP contribution in [0, 0.1) is 5.92 Å². The van der Waals surface area contributed by atoms with Crippen molar-refractivity contribution in [1.82, 2.24) is 14.4 Å². The summed E-state index contributed by atoms with van der Waals surface area (Å²) in [6.07, 6.45) is 4.35. The van der Waals surface area contributed by atoms with Crippen LogP contribution in [0.25, 0.3) is 0 Å². The average Bonchev–Trinajstić information content (AvgIpc) is 3.15. The van der Waals surface area contributed by atoms with Gasteiger partial charge >= 0.3 is 5.97 Å². The van der Waals surface area contributed by atoms with Crippen LogP contribution >= 0.6 is 0 Å². The first-order valence-electron chi connectivity index (χ1n) is 7.52. The van der Waals surface area contributed by atoms with Crippen LogP contribution in [0.2, 0.25) is 0 Å². The highest BCUT2D eigenvalue weighted by Crippen LogP contribution is 2.29. The molecular weight excluding hydrogens is 270 g/mol. The standard InChI is InChI=1S/C15H21N3O3/c19-14(11-18-5-1-2-13(18)15(20)21)17-8-6-16(7-9-17)10-12-3-4-12/h1-2,5,12H,3-4,6-11H2,(H,20,21). The van der Waals surface area contributed by atoms with Gasteiger partial charge in [-0.1, -0.05) is 0 Å². The average molecular weight is 291 g/mol. The molecule has 6 nitrogen and oxygen atoms in total. The molecule has 0 radical (unpaired) electrons. The van der Waals surface area contributed by atoms with E-state index in [9.17, 15) is 9.59 Å². The molecule has 0 aromatic carbocycles. The number of aromatic carboxylic acids is 1. The van der Waals surface area contributed by atoms with E-state index in [4.69, 9.17) is 5.11 Å². The molecule has 0 bridgehead atoms. The first-order chi connectivity index (χ1) is 10.1. The fraction of sp³-hybridized carbons (Fsp3) is 0.600. The van der Waals surface area contributed by atoms with Crippen LogP contribution in [0.1, 0.15) is 23.3 Å². The minimum Gasteiger partial charge on any atom is -0.477 e. The van der Waals surface area contributed by atoms with Gasteiger partial charge in [-0.05, 0) is 30.9 Å². The molecular formula is C15H21N3O3. The lowest BCUT2D eigenvalue weighted by molar-refractivity contribution is -0.133. The quantitative estimate of drug-likeness (QED) is 0.869. The summed E-state index contributed by atoms with van der Waals surface area (Å²) in [5.41, 5.74) is 0.163. The molecule has 1 aliphatic carbocycles. The molecule has 1 saturated heterocycles. The Bertz CT molecular complexity index is 528. The monoisotopic (exact) mass is 291 g/mol. The zero-order valence-electron chi connectivity index (χ0n) is 12.1. The maximum absolute atomic E-state index is 12.3. The van der Waals surface area contributed by atoms with Gasteiger partial charge < -0.3 is 14.6 Å². The summed E-state index contributed by atoms with van der Waals surface area (Å²) >= 11 is 0. The normalized spacial score (nSPS) is 19.7. The van der Waals surface area contributed by atoms with E-state index in [2.05, 4.69) is 4.90 Å². The van der Waals surface area contributed by atoms with Crippen molar-refractivity contribution >= 4 is 11.9 Å². The summed E-state index contributed by atoms with van der Waals surface area (Å²) in [7, 11) is 0. The summed E-state index contributed by atoms with van der Waals surface area (Å²) in [5, 5.41) is 9.05. The Hall–Kier alpha value is -1.82. The third-order valence-corrected chi connectivity index (χ3v) is 4.29. The lowest BCUT2D eigenvalue weighted by Gasteiger charge is -2.35. The number of carboxylic acid groups (broad SMARTS) is 1. The van der Waals surface area contributed by atoms with Crippen molar-refractivity contribution in [3.63, 3.8) is 0 Å². The molecule has 1 N–H and O–H groups in total. The fourth-order valence-electron chi connectivity index (χ4n) is 2.84. The number of carbonyl (C=O) groups is 2. The Balaban J connectivity index is 1.51. The van der Waals surface area contributed by atoms with E-state index in [1.807, 2.05) is 4.90 Å². The third kappa shape index (κ3) is 3.44. The zero-order valence-corrected chi connectivity index (χ0v) is 12.1. The number of nitrogens with zero attached hydrogens (tertiary/aromatic N) is 3. The smallest absolute Gasteiger partial charge is 0.352 e. The molecule has 2 heterocycles. The SMILES string of the molecule is O=C(O)c1cccn1CC(=O)N1CCN(CC2CC2)CC1. The minimum absolute atomic E-state index is 0.000211. The number of carboxylic acids is 1. The van der Waals surface area contributed by atoms with Crippen LogP contribution in [-0.4, -0.2) is 64.1 Å². The van der Waals surface area contributed by atoms with Crippen LogP contribution in [0.3, 0.4) is 0 Å². The molecule has 0 unspecified atom stereocenters. The molecule has 2 fully saturated rings.